The molecule has 0 aromatic heterocycles. The molecule has 0 aliphatic rings. The molecule has 0 atom stereocenters. The zero-order valence-corrected chi connectivity index (χ0v) is 12.7. The van der Waals surface area contributed by atoms with Crippen LogP contribution in [-0.4, -0.2) is 12.1 Å². The van der Waals surface area contributed by atoms with Crippen LogP contribution in [0.3, 0.4) is 0 Å². The third-order valence-electron chi connectivity index (χ3n) is 3.42. The number of benzene rings is 2. The fraction of sp³-hybridized carbons (Fsp3) is 0.222. The van der Waals surface area contributed by atoms with Gasteiger partial charge in [0.25, 0.3) is 0 Å². The maximum Gasteiger partial charge on any atom is 0.244 e. The highest BCUT2D eigenvalue weighted by Crippen LogP contribution is 2.10. The monoisotopic (exact) mass is 280 g/mol. The van der Waals surface area contributed by atoms with Gasteiger partial charge in [0.05, 0.1) is 12.6 Å². The van der Waals surface area contributed by atoms with Crippen molar-refractivity contribution >= 4 is 12.1 Å². The minimum absolute atomic E-state index is 0.110. The van der Waals surface area contributed by atoms with E-state index < -0.39 is 0 Å². The van der Waals surface area contributed by atoms with E-state index in [1.54, 1.807) is 6.21 Å². The Balaban J connectivity index is 1.89. The number of amides is 1. The highest BCUT2D eigenvalue weighted by atomic mass is 16.2. The molecular formula is C18H20N2O. The zero-order chi connectivity index (χ0) is 15.2. The van der Waals surface area contributed by atoms with E-state index in [1.165, 1.54) is 16.7 Å². The van der Waals surface area contributed by atoms with E-state index >= 15 is 0 Å². The molecule has 0 fully saturated rings. The van der Waals surface area contributed by atoms with Crippen molar-refractivity contribution in [1.82, 2.24) is 5.43 Å². The SMILES string of the molecule is Cc1ccc(/C=N\NC(=O)Cc2ccc(C)c(C)c2)cc1. The maximum atomic E-state index is 11.8. The van der Waals surface area contributed by atoms with Gasteiger partial charge in [0.2, 0.25) is 5.91 Å². The summed E-state index contributed by atoms with van der Waals surface area (Å²) in [5.41, 5.74) is 8.16. The van der Waals surface area contributed by atoms with Crippen LogP contribution in [0.15, 0.2) is 47.6 Å². The molecule has 3 heteroatoms. The van der Waals surface area contributed by atoms with Gasteiger partial charge >= 0.3 is 0 Å². The van der Waals surface area contributed by atoms with E-state index in [0.717, 1.165) is 11.1 Å². The van der Waals surface area contributed by atoms with Gasteiger partial charge in [-0.05, 0) is 43.0 Å². The molecular weight excluding hydrogens is 260 g/mol. The Hall–Kier alpha value is -2.42. The van der Waals surface area contributed by atoms with Crippen LogP contribution >= 0.6 is 0 Å². The fourth-order valence-corrected chi connectivity index (χ4v) is 1.97. The molecule has 0 saturated heterocycles. The lowest BCUT2D eigenvalue weighted by Gasteiger charge is -2.04. The van der Waals surface area contributed by atoms with Crippen LogP contribution in [0.4, 0.5) is 0 Å². The van der Waals surface area contributed by atoms with Crippen LogP contribution in [0.25, 0.3) is 0 Å². The molecule has 2 rings (SSSR count). The number of aryl methyl sites for hydroxylation is 3. The predicted octanol–water partition coefficient (Wildman–Crippen LogP) is 3.30. The maximum absolute atomic E-state index is 11.8. The summed E-state index contributed by atoms with van der Waals surface area (Å²) < 4.78 is 0. The third-order valence-corrected chi connectivity index (χ3v) is 3.42. The number of hydrogen-bond donors (Lipinski definition) is 1. The molecule has 108 valence electrons. The normalized spacial score (nSPS) is 10.8. The molecule has 21 heavy (non-hydrogen) atoms. The van der Waals surface area contributed by atoms with Gasteiger partial charge in [-0.2, -0.15) is 5.10 Å². The van der Waals surface area contributed by atoms with Crippen LogP contribution < -0.4 is 5.43 Å². The number of hydrazone groups is 1. The van der Waals surface area contributed by atoms with Gasteiger partial charge in [-0.15, -0.1) is 0 Å². The van der Waals surface area contributed by atoms with Crippen LogP contribution in [0.2, 0.25) is 0 Å². The molecule has 0 unspecified atom stereocenters. The summed E-state index contributed by atoms with van der Waals surface area (Å²) in [5, 5.41) is 3.98. The van der Waals surface area contributed by atoms with Crippen molar-refractivity contribution in [2.45, 2.75) is 27.2 Å². The quantitative estimate of drug-likeness (QED) is 0.677. The molecule has 0 aliphatic carbocycles. The second kappa shape index (κ2) is 6.84. The highest BCUT2D eigenvalue weighted by molar-refractivity contribution is 5.83. The van der Waals surface area contributed by atoms with Gasteiger partial charge < -0.3 is 0 Å². The Morgan fingerprint density at radius 3 is 2.43 bits per heavy atom. The van der Waals surface area contributed by atoms with Crippen molar-refractivity contribution in [2.24, 2.45) is 5.10 Å². The van der Waals surface area contributed by atoms with Gasteiger partial charge in [-0.25, -0.2) is 5.43 Å². The molecule has 2 aromatic carbocycles. The van der Waals surface area contributed by atoms with Crippen molar-refractivity contribution in [3.05, 3.63) is 70.3 Å². The number of nitrogens with zero attached hydrogens (tertiary/aromatic N) is 1. The average molecular weight is 280 g/mol. The van der Waals surface area contributed by atoms with Crippen LogP contribution in [0.5, 0.6) is 0 Å². The van der Waals surface area contributed by atoms with E-state index in [4.69, 9.17) is 0 Å². The summed E-state index contributed by atoms with van der Waals surface area (Å²) in [7, 11) is 0. The van der Waals surface area contributed by atoms with Gasteiger partial charge in [0.15, 0.2) is 0 Å². The summed E-state index contributed by atoms with van der Waals surface area (Å²) in [6, 6.07) is 14.0. The second-order valence-corrected chi connectivity index (χ2v) is 5.30. The fourth-order valence-electron chi connectivity index (χ4n) is 1.97. The smallest absolute Gasteiger partial charge is 0.244 e. The van der Waals surface area contributed by atoms with Gasteiger partial charge in [-0.3, -0.25) is 4.79 Å². The van der Waals surface area contributed by atoms with Crippen molar-refractivity contribution in [3.8, 4) is 0 Å². The molecule has 2 aromatic rings. The zero-order valence-electron chi connectivity index (χ0n) is 12.7. The summed E-state index contributed by atoms with van der Waals surface area (Å²) in [6.07, 6.45) is 1.99. The minimum Gasteiger partial charge on any atom is -0.273 e. The van der Waals surface area contributed by atoms with Crippen molar-refractivity contribution in [1.29, 1.82) is 0 Å². The highest BCUT2D eigenvalue weighted by Gasteiger charge is 2.03. The lowest BCUT2D eigenvalue weighted by atomic mass is 10.0. The molecule has 0 heterocycles. The molecule has 0 aliphatic heterocycles. The molecule has 1 N–H and O–H groups in total. The largest absolute Gasteiger partial charge is 0.273 e. The number of nitrogens with one attached hydrogen (secondary N) is 1. The number of carbonyl (C=O) groups excluding carboxylic acids is 1. The molecule has 0 saturated carbocycles. The van der Waals surface area contributed by atoms with E-state index in [2.05, 4.69) is 17.5 Å². The van der Waals surface area contributed by atoms with Crippen LogP contribution in [0, 0.1) is 20.8 Å². The molecule has 0 bridgehead atoms. The predicted molar refractivity (Wildman–Crippen MR) is 86.5 cm³/mol. The van der Waals surface area contributed by atoms with E-state index in [-0.39, 0.29) is 5.91 Å². The van der Waals surface area contributed by atoms with E-state index in [0.29, 0.717) is 6.42 Å². The van der Waals surface area contributed by atoms with Crippen LogP contribution in [0.1, 0.15) is 27.8 Å². The van der Waals surface area contributed by atoms with Gasteiger partial charge in [0, 0.05) is 0 Å². The standard InChI is InChI=1S/C18H20N2O/c1-13-4-7-16(8-5-13)12-19-20-18(21)11-17-9-6-14(2)15(3)10-17/h4-10,12H,11H2,1-3H3,(H,20,21)/b19-12-. The summed E-state index contributed by atoms with van der Waals surface area (Å²) in [5.74, 6) is -0.110. The lowest BCUT2D eigenvalue weighted by Crippen LogP contribution is -2.19. The third kappa shape index (κ3) is 4.56. The Kier molecular flexibility index (Phi) is 4.88. The average Bonchev–Trinajstić information content (AvgIpc) is 2.45. The van der Waals surface area contributed by atoms with Crippen molar-refractivity contribution in [3.63, 3.8) is 0 Å². The van der Waals surface area contributed by atoms with Gasteiger partial charge in [-0.1, -0.05) is 48.0 Å². The first-order chi connectivity index (χ1) is 10.0. The van der Waals surface area contributed by atoms with E-state index in [1.807, 2.05) is 56.3 Å². The first kappa shape index (κ1) is 15.0. The topological polar surface area (TPSA) is 41.5 Å². The lowest BCUT2D eigenvalue weighted by molar-refractivity contribution is -0.120. The molecule has 3 nitrogen and oxygen atoms in total. The Bertz CT molecular complexity index is 657. The van der Waals surface area contributed by atoms with Crippen molar-refractivity contribution < 1.29 is 4.79 Å². The Morgan fingerprint density at radius 2 is 1.76 bits per heavy atom. The summed E-state index contributed by atoms with van der Waals surface area (Å²) in [4.78, 5) is 11.8. The molecule has 0 spiro atoms. The summed E-state index contributed by atoms with van der Waals surface area (Å²) >= 11 is 0. The first-order valence-electron chi connectivity index (χ1n) is 6.99. The van der Waals surface area contributed by atoms with Gasteiger partial charge in [0.1, 0.15) is 0 Å². The second-order valence-electron chi connectivity index (χ2n) is 5.30. The summed E-state index contributed by atoms with van der Waals surface area (Å²) in [6.45, 7) is 6.14. The molecule has 0 radical (unpaired) electrons. The number of hydrogen-bond acceptors (Lipinski definition) is 2. The van der Waals surface area contributed by atoms with Crippen molar-refractivity contribution in [2.75, 3.05) is 0 Å². The van der Waals surface area contributed by atoms with Crippen LogP contribution in [-0.2, 0) is 11.2 Å². The Labute approximate surface area is 125 Å². The minimum atomic E-state index is -0.110. The number of carbonyl (C=O) groups is 1. The molecule has 1 amide bonds. The first-order valence-corrected chi connectivity index (χ1v) is 6.99. The Morgan fingerprint density at radius 1 is 1.05 bits per heavy atom. The number of rotatable bonds is 4. The van der Waals surface area contributed by atoms with E-state index in [9.17, 15) is 4.79 Å².